The molecule has 22 heteroatoms. The Hall–Kier alpha value is -5.07. The van der Waals surface area contributed by atoms with Crippen molar-refractivity contribution in [1.82, 2.24) is 19.9 Å². The van der Waals surface area contributed by atoms with Crippen molar-refractivity contribution < 1.29 is 53.1 Å². The first-order valence-electron chi connectivity index (χ1n) is 15.7. The summed E-state index contributed by atoms with van der Waals surface area (Å²) >= 11 is 11.6. The molecule has 0 bridgehead atoms. The summed E-state index contributed by atoms with van der Waals surface area (Å²) in [5.41, 5.74) is -3.95. The lowest BCUT2D eigenvalue weighted by molar-refractivity contribution is -0.0500. The fraction of sp³-hybridized carbons (Fsp3) is 0.176. The quantitative estimate of drug-likeness (QED) is 0.0549. The van der Waals surface area contributed by atoms with Crippen molar-refractivity contribution in [3.05, 3.63) is 95.0 Å². The second-order valence-electron chi connectivity index (χ2n) is 11.3. The highest BCUT2D eigenvalue weighted by Gasteiger charge is 2.49. The van der Waals surface area contributed by atoms with Gasteiger partial charge in [0, 0.05) is 40.9 Å². The molecular formula is C34H28Cl2F5N6O7PS. The van der Waals surface area contributed by atoms with Gasteiger partial charge in [-0.25, -0.2) is 28.7 Å². The third-order valence-corrected chi connectivity index (χ3v) is 11.0. The minimum Gasteiger partial charge on any atom is -0.496 e. The van der Waals surface area contributed by atoms with Crippen LogP contribution in [-0.4, -0.2) is 61.4 Å². The molecule has 13 nitrogen and oxygen atoms in total. The number of aromatic nitrogens is 4. The van der Waals surface area contributed by atoms with Gasteiger partial charge >= 0.3 is 15.6 Å². The van der Waals surface area contributed by atoms with Crippen molar-refractivity contribution in [3.63, 3.8) is 0 Å². The third kappa shape index (κ3) is 9.47. The number of anilines is 4. The van der Waals surface area contributed by atoms with Crippen LogP contribution in [0.2, 0.25) is 10.0 Å². The van der Waals surface area contributed by atoms with Crippen LogP contribution in [0.15, 0.2) is 73.3 Å². The third-order valence-electron chi connectivity index (χ3n) is 7.52. The van der Waals surface area contributed by atoms with Gasteiger partial charge in [-0.1, -0.05) is 23.2 Å². The zero-order valence-electron chi connectivity index (χ0n) is 29.3. The van der Waals surface area contributed by atoms with Crippen molar-refractivity contribution in [3.8, 4) is 17.2 Å². The second-order valence-corrected chi connectivity index (χ2v) is 16.0. The van der Waals surface area contributed by atoms with E-state index in [0.717, 1.165) is 25.6 Å². The van der Waals surface area contributed by atoms with Gasteiger partial charge in [-0.3, -0.25) is 4.57 Å². The van der Waals surface area contributed by atoms with Crippen LogP contribution in [0.3, 0.4) is 0 Å². The van der Waals surface area contributed by atoms with Gasteiger partial charge in [-0.2, -0.15) is 21.6 Å². The van der Waals surface area contributed by atoms with E-state index in [2.05, 4.69) is 34.8 Å². The van der Waals surface area contributed by atoms with Gasteiger partial charge in [0.2, 0.25) is 7.37 Å². The van der Waals surface area contributed by atoms with E-state index >= 15 is 0 Å². The molecule has 0 spiro atoms. The van der Waals surface area contributed by atoms with Crippen LogP contribution >= 0.6 is 30.6 Å². The van der Waals surface area contributed by atoms with E-state index in [0.29, 0.717) is 45.8 Å². The highest BCUT2D eigenvalue weighted by molar-refractivity contribution is 7.88. The molecule has 6 rings (SSSR count). The smallest absolute Gasteiger partial charge is 0.496 e. The molecule has 1 unspecified atom stereocenters. The molecule has 2 heterocycles. The van der Waals surface area contributed by atoms with Crippen LogP contribution in [0.1, 0.15) is 6.92 Å². The molecule has 0 amide bonds. The second kappa shape index (κ2) is 17.0. The molecule has 0 aliphatic heterocycles. The molecule has 56 heavy (non-hydrogen) atoms. The number of methoxy groups -OCH3 is 2. The number of alkyl halides is 3. The summed E-state index contributed by atoms with van der Waals surface area (Å²) < 4.78 is 120. The number of fused-ring (bicyclic) bond motifs is 2. The monoisotopic (exact) mass is 860 g/mol. The number of rotatable bonds is 11. The highest BCUT2D eigenvalue weighted by atomic mass is 35.5. The lowest BCUT2D eigenvalue weighted by atomic mass is 10.2. The molecule has 0 fully saturated rings. The highest BCUT2D eigenvalue weighted by Crippen LogP contribution is 2.45. The largest absolute Gasteiger partial charge is 0.534 e. The lowest BCUT2D eigenvalue weighted by Gasteiger charge is -2.18. The first-order chi connectivity index (χ1) is 26.4. The van der Waals surface area contributed by atoms with Gasteiger partial charge in [-0.15, -0.1) is 0 Å². The van der Waals surface area contributed by atoms with Crippen molar-refractivity contribution in [2.45, 2.75) is 12.4 Å². The molecule has 0 aliphatic carbocycles. The van der Waals surface area contributed by atoms with E-state index in [-0.39, 0.29) is 32.5 Å². The number of ether oxygens (including phenoxy) is 2. The summed E-state index contributed by atoms with van der Waals surface area (Å²) in [4.78, 5) is 16.4. The van der Waals surface area contributed by atoms with Crippen LogP contribution < -0.4 is 29.6 Å². The summed E-state index contributed by atoms with van der Waals surface area (Å²) in [5, 5.41) is 6.89. The normalized spacial score (nSPS) is 12.7. The first kappa shape index (κ1) is 42.1. The Morgan fingerprint density at radius 3 is 1.66 bits per heavy atom. The zero-order valence-corrected chi connectivity index (χ0v) is 32.5. The zero-order chi connectivity index (χ0) is 41.0. The summed E-state index contributed by atoms with van der Waals surface area (Å²) in [7, 11) is -6.42. The number of nitrogens with zero attached hydrogens (tertiary/aromatic N) is 4. The van der Waals surface area contributed by atoms with E-state index in [4.69, 9.17) is 37.2 Å². The number of hydrogen-bond donors (Lipinski definition) is 2. The summed E-state index contributed by atoms with van der Waals surface area (Å²) in [5.74, 6) is -1.20. The van der Waals surface area contributed by atoms with Crippen LogP contribution in [0.4, 0.5) is 45.0 Å². The molecule has 2 N–H and O–H groups in total. The topological polar surface area (TPSA) is 164 Å². The maximum absolute atomic E-state index is 13.4. The van der Waals surface area contributed by atoms with Crippen molar-refractivity contribution in [2.75, 3.05) is 38.1 Å². The number of halogens is 7. The van der Waals surface area contributed by atoms with Gasteiger partial charge in [0.05, 0.1) is 47.2 Å². The Balaban J connectivity index is 0.000000215. The molecule has 4 aromatic carbocycles. The average molecular weight is 862 g/mol. The minimum absolute atomic E-state index is 0.00451. The lowest BCUT2D eigenvalue weighted by Crippen LogP contribution is -2.28. The Morgan fingerprint density at radius 1 is 0.732 bits per heavy atom. The Kier molecular flexibility index (Phi) is 12.8. The Bertz CT molecular complexity index is 2590. The van der Waals surface area contributed by atoms with Crippen LogP contribution in [0.5, 0.6) is 17.2 Å². The van der Waals surface area contributed by atoms with Gasteiger partial charge < -0.3 is 28.8 Å². The molecule has 0 aliphatic rings. The van der Waals surface area contributed by atoms with Crippen molar-refractivity contribution in [1.29, 1.82) is 0 Å². The predicted octanol–water partition coefficient (Wildman–Crippen LogP) is 9.15. The SMILES string of the molecule is CCOP(C)(=O)c1cc2c(Nc3ccc(F)c(Cl)c3)ncnc2cc1OC.COc1cc2ncnc(Nc3ccc(F)c(Cl)c3)c2cc1OS(=O)(=O)C(F)(F)F. The molecule has 0 saturated heterocycles. The fourth-order valence-electron chi connectivity index (χ4n) is 4.94. The van der Waals surface area contributed by atoms with Crippen LogP contribution in [-0.2, 0) is 19.2 Å². The molecule has 2 aromatic heterocycles. The number of nitrogens with one attached hydrogen (secondary N) is 2. The van der Waals surface area contributed by atoms with Gasteiger partial charge in [-0.05, 0) is 55.5 Å². The van der Waals surface area contributed by atoms with E-state index in [1.807, 2.05) is 0 Å². The molecule has 0 radical (unpaired) electrons. The molecule has 1 atom stereocenters. The molecule has 6 aromatic rings. The fourth-order valence-corrected chi connectivity index (χ4v) is 7.32. The van der Waals surface area contributed by atoms with E-state index < -0.39 is 40.4 Å². The summed E-state index contributed by atoms with van der Waals surface area (Å²) in [6.07, 6.45) is 2.55. The first-order valence-corrected chi connectivity index (χ1v) is 19.9. The van der Waals surface area contributed by atoms with Gasteiger partial charge in [0.25, 0.3) is 0 Å². The molecule has 296 valence electrons. The predicted molar refractivity (Wildman–Crippen MR) is 202 cm³/mol. The Morgan fingerprint density at radius 2 is 1.21 bits per heavy atom. The number of benzene rings is 4. The van der Waals surface area contributed by atoms with Gasteiger partial charge in [0.15, 0.2) is 11.5 Å². The summed E-state index contributed by atoms with van der Waals surface area (Å²) in [6.45, 7) is 3.62. The van der Waals surface area contributed by atoms with E-state index in [9.17, 15) is 34.9 Å². The van der Waals surface area contributed by atoms with Crippen LogP contribution in [0.25, 0.3) is 21.8 Å². The van der Waals surface area contributed by atoms with Crippen LogP contribution in [0, 0.1) is 11.6 Å². The molecular weight excluding hydrogens is 833 g/mol. The molecule has 0 saturated carbocycles. The van der Waals surface area contributed by atoms with Crippen molar-refractivity contribution >= 4 is 90.8 Å². The maximum Gasteiger partial charge on any atom is 0.534 e. The average Bonchev–Trinajstić information content (AvgIpc) is 3.14. The van der Waals surface area contributed by atoms with E-state index in [1.54, 1.807) is 25.1 Å². The number of hydrogen-bond acceptors (Lipinski definition) is 13. The Labute approximate surface area is 325 Å². The van der Waals surface area contributed by atoms with Crippen molar-refractivity contribution in [2.24, 2.45) is 0 Å². The summed E-state index contributed by atoms with van der Waals surface area (Å²) in [6, 6.07) is 13.5. The van der Waals surface area contributed by atoms with Gasteiger partial charge in [0.1, 0.15) is 41.7 Å². The standard InChI is InChI=1S/C18H18ClFN3O3P.C16H10ClF4N3O4S/c1-4-26-27(3,24)17-8-12-15(9-16(17)25-2)21-10-22-18(12)23-11-5-6-14(20)13(19)7-11;1-27-13-6-12-9(5-14(13)28-29(25,26)16(19,20)21)15(23-7-22-12)24-8-2-3-11(18)10(17)4-8/h5-10H,4H2,1-3H3,(H,21,22,23);2-7H,1H3,(H,22,23,24). The minimum atomic E-state index is -5.93. The van der Waals surface area contributed by atoms with E-state index in [1.165, 1.54) is 50.4 Å². The maximum atomic E-state index is 13.4.